The average Bonchev–Trinajstić information content (AvgIpc) is 3.00. The van der Waals surface area contributed by atoms with Crippen LogP contribution in [-0.2, 0) is 0 Å². The zero-order chi connectivity index (χ0) is 15.5. The van der Waals surface area contributed by atoms with E-state index in [2.05, 4.69) is 0 Å². The molecule has 0 atom stereocenters. The van der Waals surface area contributed by atoms with Crippen LogP contribution in [0, 0.1) is 0 Å². The molecule has 3 rings (SSSR count). The molecule has 110 valence electrons. The normalized spacial score (nSPS) is 11.1. The zero-order valence-corrected chi connectivity index (χ0v) is 11.9. The number of phenolic OH excluding ortho intramolecular Hbond substituents is 1. The molecule has 0 unspecified atom stereocenters. The average molecular weight is 294 g/mol. The van der Waals surface area contributed by atoms with E-state index >= 15 is 0 Å². The molecule has 2 aromatic carbocycles. The van der Waals surface area contributed by atoms with Gasteiger partial charge in [-0.25, -0.2) is 0 Å². The Balaban J connectivity index is 2.03. The monoisotopic (exact) mass is 294 g/mol. The number of methoxy groups -OCH3 is 1. The largest absolute Gasteiger partial charge is 0.507 e. The van der Waals surface area contributed by atoms with Gasteiger partial charge in [-0.3, -0.25) is 4.79 Å². The number of ether oxygens (including phenoxy) is 1. The van der Waals surface area contributed by atoms with Gasteiger partial charge in [0.2, 0.25) is 0 Å². The minimum atomic E-state index is -0.332. The number of carbonyl (C=O) groups is 1. The van der Waals surface area contributed by atoms with Crippen molar-refractivity contribution in [2.75, 3.05) is 7.11 Å². The first-order chi connectivity index (χ1) is 10.7. The van der Waals surface area contributed by atoms with Gasteiger partial charge in [0.1, 0.15) is 22.6 Å². The molecule has 0 amide bonds. The Morgan fingerprint density at radius 1 is 1.23 bits per heavy atom. The van der Waals surface area contributed by atoms with Crippen LogP contribution in [0.5, 0.6) is 11.5 Å². The van der Waals surface area contributed by atoms with Crippen molar-refractivity contribution >= 4 is 22.8 Å². The first kappa shape index (κ1) is 13.9. The van der Waals surface area contributed by atoms with Crippen molar-refractivity contribution in [2.24, 2.45) is 0 Å². The van der Waals surface area contributed by atoms with Crippen molar-refractivity contribution in [3.63, 3.8) is 0 Å². The predicted molar refractivity (Wildman–Crippen MR) is 84.2 cm³/mol. The van der Waals surface area contributed by atoms with Gasteiger partial charge < -0.3 is 14.3 Å². The number of furan rings is 1. The van der Waals surface area contributed by atoms with Crippen molar-refractivity contribution in [2.45, 2.75) is 0 Å². The maximum atomic E-state index is 12.4. The number of hydrogen-bond acceptors (Lipinski definition) is 4. The molecule has 3 aromatic rings. The minimum absolute atomic E-state index is 0.128. The predicted octanol–water partition coefficient (Wildman–Crippen LogP) is 4.04. The van der Waals surface area contributed by atoms with Gasteiger partial charge in [-0.2, -0.15) is 0 Å². The van der Waals surface area contributed by atoms with E-state index in [1.165, 1.54) is 25.5 Å². The Morgan fingerprint density at radius 2 is 2.00 bits per heavy atom. The lowest BCUT2D eigenvalue weighted by molar-refractivity contribution is 0.104. The number of ketones is 1. The van der Waals surface area contributed by atoms with E-state index < -0.39 is 0 Å². The molecule has 0 saturated carbocycles. The van der Waals surface area contributed by atoms with E-state index in [-0.39, 0.29) is 17.1 Å². The summed E-state index contributed by atoms with van der Waals surface area (Å²) in [6, 6.07) is 12.6. The van der Waals surface area contributed by atoms with Gasteiger partial charge in [0, 0.05) is 6.07 Å². The van der Waals surface area contributed by atoms with Crippen LogP contribution in [0.4, 0.5) is 0 Å². The third kappa shape index (κ3) is 2.46. The van der Waals surface area contributed by atoms with Crippen LogP contribution in [0.25, 0.3) is 17.0 Å². The summed E-state index contributed by atoms with van der Waals surface area (Å²) >= 11 is 0. The molecule has 0 aliphatic carbocycles. The molecule has 1 heterocycles. The van der Waals surface area contributed by atoms with Crippen LogP contribution in [-0.4, -0.2) is 18.0 Å². The van der Waals surface area contributed by atoms with Crippen LogP contribution in [0.3, 0.4) is 0 Å². The molecule has 22 heavy (non-hydrogen) atoms. The molecule has 0 radical (unpaired) electrons. The smallest absolute Gasteiger partial charge is 0.193 e. The molecule has 4 nitrogen and oxygen atoms in total. The van der Waals surface area contributed by atoms with Crippen molar-refractivity contribution in [3.8, 4) is 11.5 Å². The second-order valence-corrected chi connectivity index (χ2v) is 4.74. The van der Waals surface area contributed by atoms with Crippen molar-refractivity contribution in [1.29, 1.82) is 0 Å². The van der Waals surface area contributed by atoms with Crippen LogP contribution >= 0.6 is 0 Å². The first-order valence-corrected chi connectivity index (χ1v) is 6.75. The quantitative estimate of drug-likeness (QED) is 0.582. The second-order valence-electron chi connectivity index (χ2n) is 4.74. The number of allylic oxidation sites excluding steroid dienone is 1. The maximum absolute atomic E-state index is 12.4. The third-order valence-corrected chi connectivity index (χ3v) is 3.37. The maximum Gasteiger partial charge on any atom is 0.193 e. The molecule has 1 N–H and O–H groups in total. The summed E-state index contributed by atoms with van der Waals surface area (Å²) in [6.07, 6.45) is 4.60. The molecule has 0 bridgehead atoms. The number of aromatic hydroxyl groups is 1. The standard InChI is InChI=1S/C18H14O4/c1-21-18-13-9-10-22-16(13)11-15(20)17(18)14(19)8-7-12-5-3-2-4-6-12/h2-11,20H,1H3. The number of carbonyl (C=O) groups excluding carboxylic acids is 1. The Bertz CT molecular complexity index is 844. The zero-order valence-electron chi connectivity index (χ0n) is 11.9. The Labute approximate surface area is 127 Å². The van der Waals surface area contributed by atoms with Crippen LogP contribution < -0.4 is 4.74 Å². The lowest BCUT2D eigenvalue weighted by Gasteiger charge is -2.09. The van der Waals surface area contributed by atoms with Crippen molar-refractivity contribution in [1.82, 2.24) is 0 Å². The summed E-state index contributed by atoms with van der Waals surface area (Å²) in [5, 5.41) is 10.8. The first-order valence-electron chi connectivity index (χ1n) is 6.75. The van der Waals surface area contributed by atoms with Gasteiger partial charge >= 0.3 is 0 Å². The van der Waals surface area contributed by atoms with Gasteiger partial charge in [0.15, 0.2) is 5.78 Å². The van der Waals surface area contributed by atoms with E-state index in [9.17, 15) is 9.90 Å². The highest BCUT2D eigenvalue weighted by atomic mass is 16.5. The lowest BCUT2D eigenvalue weighted by atomic mass is 10.0. The molecular formula is C18H14O4. The summed E-state index contributed by atoms with van der Waals surface area (Å²) in [6.45, 7) is 0. The highest BCUT2D eigenvalue weighted by molar-refractivity contribution is 6.13. The van der Waals surface area contributed by atoms with Gasteiger partial charge in [0.05, 0.1) is 18.8 Å². The Hall–Kier alpha value is -3.01. The molecule has 0 aliphatic heterocycles. The second kappa shape index (κ2) is 5.77. The van der Waals surface area contributed by atoms with Gasteiger partial charge in [-0.15, -0.1) is 0 Å². The fraction of sp³-hybridized carbons (Fsp3) is 0.0556. The van der Waals surface area contributed by atoms with Crippen molar-refractivity contribution < 1.29 is 19.1 Å². The van der Waals surface area contributed by atoms with E-state index in [1.54, 1.807) is 12.1 Å². The number of rotatable bonds is 4. The summed E-state index contributed by atoms with van der Waals surface area (Å²) < 4.78 is 10.5. The molecule has 0 saturated heterocycles. The number of hydrogen-bond donors (Lipinski definition) is 1. The molecule has 4 heteroatoms. The summed E-state index contributed by atoms with van der Waals surface area (Å²) in [4.78, 5) is 12.4. The van der Waals surface area contributed by atoms with Crippen LogP contribution in [0.1, 0.15) is 15.9 Å². The van der Waals surface area contributed by atoms with Crippen molar-refractivity contribution in [3.05, 3.63) is 65.9 Å². The number of fused-ring (bicyclic) bond motifs is 1. The third-order valence-electron chi connectivity index (χ3n) is 3.37. The fourth-order valence-electron chi connectivity index (χ4n) is 2.34. The number of phenols is 1. The van der Waals surface area contributed by atoms with Gasteiger partial charge in [-0.1, -0.05) is 36.4 Å². The Kier molecular flexibility index (Phi) is 3.66. The number of benzene rings is 2. The summed E-state index contributed by atoms with van der Waals surface area (Å²) in [5.41, 5.74) is 1.50. The van der Waals surface area contributed by atoms with E-state index in [1.807, 2.05) is 30.3 Å². The van der Waals surface area contributed by atoms with Gasteiger partial charge in [0.25, 0.3) is 0 Å². The highest BCUT2D eigenvalue weighted by Gasteiger charge is 2.20. The van der Waals surface area contributed by atoms with E-state index in [0.717, 1.165) is 5.56 Å². The molecule has 0 spiro atoms. The molecular weight excluding hydrogens is 280 g/mol. The van der Waals surface area contributed by atoms with Crippen LogP contribution in [0.2, 0.25) is 0 Å². The van der Waals surface area contributed by atoms with Crippen LogP contribution in [0.15, 0.2) is 59.2 Å². The highest BCUT2D eigenvalue weighted by Crippen LogP contribution is 2.37. The molecule has 0 aliphatic rings. The van der Waals surface area contributed by atoms with E-state index in [4.69, 9.17) is 9.15 Å². The summed E-state index contributed by atoms with van der Waals surface area (Å²) in [7, 11) is 1.46. The Morgan fingerprint density at radius 3 is 2.73 bits per heavy atom. The molecule has 1 aromatic heterocycles. The lowest BCUT2D eigenvalue weighted by Crippen LogP contribution is -2.00. The summed E-state index contributed by atoms with van der Waals surface area (Å²) in [5.74, 6) is -0.185. The minimum Gasteiger partial charge on any atom is -0.507 e. The fourth-order valence-corrected chi connectivity index (χ4v) is 2.34. The molecule has 0 fully saturated rings. The van der Waals surface area contributed by atoms with E-state index in [0.29, 0.717) is 16.7 Å². The SMILES string of the molecule is COc1c(C(=O)C=Cc2ccccc2)c(O)cc2occc12. The van der Waals surface area contributed by atoms with Gasteiger partial charge in [-0.05, 0) is 17.7 Å². The topological polar surface area (TPSA) is 59.7 Å².